The Morgan fingerprint density at radius 2 is 1.65 bits per heavy atom. The van der Waals surface area contributed by atoms with Crippen LogP contribution in [-0.4, -0.2) is 5.91 Å². The average molecular weight is 373 g/mol. The number of hydrogen-bond donors (Lipinski definition) is 1. The van der Waals surface area contributed by atoms with Crippen molar-refractivity contribution in [2.45, 2.75) is 13.0 Å². The Hall–Kier alpha value is -1.03. The third-order valence-corrected chi connectivity index (χ3v) is 4.07. The Kier molecular flexibility index (Phi) is 5.08. The molecule has 0 aromatic heterocycles. The maximum absolute atomic E-state index is 12.2. The number of hydrogen-bond acceptors (Lipinski definition) is 1. The van der Waals surface area contributed by atoms with Gasteiger partial charge in [-0.15, -0.1) is 0 Å². The van der Waals surface area contributed by atoms with E-state index in [4.69, 9.17) is 23.2 Å². The second kappa shape index (κ2) is 6.61. The van der Waals surface area contributed by atoms with E-state index in [-0.39, 0.29) is 11.9 Å². The van der Waals surface area contributed by atoms with Gasteiger partial charge in [-0.1, -0.05) is 57.3 Å². The number of carbonyl (C=O) groups excluding carboxylic acids is 1. The predicted octanol–water partition coefficient (Wildman–Crippen LogP) is 5.25. The van der Waals surface area contributed by atoms with E-state index in [1.165, 1.54) is 0 Å². The molecule has 1 atom stereocenters. The summed E-state index contributed by atoms with van der Waals surface area (Å²) < 4.78 is 0.994. The van der Waals surface area contributed by atoms with E-state index in [1.807, 2.05) is 31.2 Å². The van der Waals surface area contributed by atoms with Crippen LogP contribution in [-0.2, 0) is 0 Å². The first kappa shape index (κ1) is 15.4. The van der Waals surface area contributed by atoms with Crippen LogP contribution < -0.4 is 5.32 Å². The van der Waals surface area contributed by atoms with Crippen molar-refractivity contribution in [1.82, 2.24) is 5.32 Å². The van der Waals surface area contributed by atoms with E-state index in [0.717, 1.165) is 10.0 Å². The maximum Gasteiger partial charge on any atom is 0.254 e. The first-order valence-corrected chi connectivity index (χ1v) is 7.54. The lowest BCUT2D eigenvalue weighted by molar-refractivity contribution is 0.0940. The molecule has 1 N–H and O–H groups in total. The Balaban J connectivity index is 2.17. The minimum absolute atomic E-state index is 0.136. The normalized spacial score (nSPS) is 12.0. The lowest BCUT2D eigenvalue weighted by Crippen LogP contribution is -2.27. The van der Waals surface area contributed by atoms with Crippen molar-refractivity contribution < 1.29 is 4.79 Å². The minimum Gasteiger partial charge on any atom is -0.345 e. The molecule has 1 unspecified atom stereocenters. The molecule has 2 aromatic carbocycles. The van der Waals surface area contributed by atoms with E-state index in [9.17, 15) is 4.79 Å². The number of nitrogens with one attached hydrogen (secondary N) is 1. The standard InChI is InChI=1S/C15H12BrCl2NO/c1-9(10-5-7-11(16)8-6-10)19-15(20)14-12(17)3-2-4-13(14)18/h2-9H,1H3,(H,19,20). The van der Waals surface area contributed by atoms with Gasteiger partial charge < -0.3 is 5.32 Å². The number of halogens is 3. The number of amides is 1. The fourth-order valence-corrected chi connectivity index (χ4v) is 2.65. The van der Waals surface area contributed by atoms with Crippen LogP contribution in [0, 0.1) is 0 Å². The molecular formula is C15H12BrCl2NO. The molecule has 20 heavy (non-hydrogen) atoms. The van der Waals surface area contributed by atoms with Gasteiger partial charge in [-0.2, -0.15) is 0 Å². The molecule has 0 saturated carbocycles. The van der Waals surface area contributed by atoms with Crippen molar-refractivity contribution in [1.29, 1.82) is 0 Å². The molecule has 0 bridgehead atoms. The first-order chi connectivity index (χ1) is 9.49. The zero-order chi connectivity index (χ0) is 14.7. The van der Waals surface area contributed by atoms with Gasteiger partial charge in [-0.05, 0) is 36.8 Å². The predicted molar refractivity (Wildman–Crippen MR) is 86.5 cm³/mol. The lowest BCUT2D eigenvalue weighted by atomic mass is 10.1. The van der Waals surface area contributed by atoms with E-state index >= 15 is 0 Å². The van der Waals surface area contributed by atoms with Crippen molar-refractivity contribution in [3.8, 4) is 0 Å². The largest absolute Gasteiger partial charge is 0.345 e. The molecule has 0 heterocycles. The van der Waals surface area contributed by atoms with Crippen LogP contribution in [0.25, 0.3) is 0 Å². The van der Waals surface area contributed by atoms with Gasteiger partial charge in [0.05, 0.1) is 21.7 Å². The molecule has 0 spiro atoms. The van der Waals surface area contributed by atoms with E-state index in [1.54, 1.807) is 18.2 Å². The van der Waals surface area contributed by atoms with Crippen LogP contribution in [0.1, 0.15) is 28.9 Å². The molecule has 0 radical (unpaired) electrons. The van der Waals surface area contributed by atoms with Crippen LogP contribution in [0.3, 0.4) is 0 Å². The molecule has 2 aromatic rings. The minimum atomic E-state index is -0.281. The first-order valence-electron chi connectivity index (χ1n) is 5.99. The molecule has 1 amide bonds. The fraction of sp³-hybridized carbons (Fsp3) is 0.133. The molecule has 104 valence electrons. The second-order valence-corrected chi connectivity index (χ2v) is 6.07. The molecule has 0 aliphatic rings. The fourth-order valence-electron chi connectivity index (χ4n) is 1.82. The van der Waals surface area contributed by atoms with E-state index in [0.29, 0.717) is 15.6 Å². The Bertz CT molecular complexity index is 608. The summed E-state index contributed by atoms with van der Waals surface area (Å²) in [6.07, 6.45) is 0. The van der Waals surface area contributed by atoms with Crippen LogP contribution >= 0.6 is 39.1 Å². The zero-order valence-electron chi connectivity index (χ0n) is 10.7. The molecule has 0 aliphatic carbocycles. The summed E-state index contributed by atoms with van der Waals surface area (Å²) in [6, 6.07) is 12.6. The Labute approximate surface area is 136 Å². The van der Waals surface area contributed by atoms with E-state index < -0.39 is 0 Å². The molecule has 0 fully saturated rings. The van der Waals surface area contributed by atoms with Crippen molar-refractivity contribution in [3.63, 3.8) is 0 Å². The van der Waals surface area contributed by atoms with Crippen LogP contribution in [0.2, 0.25) is 10.0 Å². The smallest absolute Gasteiger partial charge is 0.254 e. The zero-order valence-corrected chi connectivity index (χ0v) is 13.8. The highest BCUT2D eigenvalue weighted by Crippen LogP contribution is 2.25. The summed E-state index contributed by atoms with van der Waals surface area (Å²) in [4.78, 5) is 12.2. The summed E-state index contributed by atoms with van der Waals surface area (Å²) >= 11 is 15.4. The van der Waals surface area contributed by atoms with Crippen molar-refractivity contribution in [3.05, 3.63) is 68.1 Å². The van der Waals surface area contributed by atoms with Crippen molar-refractivity contribution >= 4 is 45.0 Å². The third kappa shape index (κ3) is 3.54. The van der Waals surface area contributed by atoms with Crippen molar-refractivity contribution in [2.75, 3.05) is 0 Å². The van der Waals surface area contributed by atoms with Gasteiger partial charge in [0.15, 0.2) is 0 Å². The quantitative estimate of drug-likeness (QED) is 0.783. The van der Waals surface area contributed by atoms with Crippen LogP contribution in [0.15, 0.2) is 46.9 Å². The van der Waals surface area contributed by atoms with Crippen LogP contribution in [0.4, 0.5) is 0 Å². The second-order valence-electron chi connectivity index (χ2n) is 4.34. The monoisotopic (exact) mass is 371 g/mol. The molecular weight excluding hydrogens is 361 g/mol. The van der Waals surface area contributed by atoms with E-state index in [2.05, 4.69) is 21.2 Å². The lowest BCUT2D eigenvalue weighted by Gasteiger charge is -2.15. The average Bonchev–Trinajstić information content (AvgIpc) is 2.39. The van der Waals surface area contributed by atoms with Gasteiger partial charge in [-0.25, -0.2) is 0 Å². The highest BCUT2D eigenvalue weighted by molar-refractivity contribution is 9.10. The summed E-state index contributed by atoms with van der Waals surface area (Å²) in [5, 5.41) is 3.58. The molecule has 0 saturated heterocycles. The SMILES string of the molecule is CC(NC(=O)c1c(Cl)cccc1Cl)c1ccc(Br)cc1. The van der Waals surface area contributed by atoms with Gasteiger partial charge in [-0.3, -0.25) is 4.79 Å². The topological polar surface area (TPSA) is 29.1 Å². The number of carbonyl (C=O) groups is 1. The van der Waals surface area contributed by atoms with Gasteiger partial charge >= 0.3 is 0 Å². The molecule has 0 aliphatic heterocycles. The number of benzene rings is 2. The Morgan fingerprint density at radius 1 is 1.10 bits per heavy atom. The van der Waals surface area contributed by atoms with Gasteiger partial charge in [0.25, 0.3) is 5.91 Å². The van der Waals surface area contributed by atoms with Crippen LogP contribution in [0.5, 0.6) is 0 Å². The highest BCUT2D eigenvalue weighted by Gasteiger charge is 2.17. The van der Waals surface area contributed by atoms with Gasteiger partial charge in [0.1, 0.15) is 0 Å². The van der Waals surface area contributed by atoms with Gasteiger partial charge in [0, 0.05) is 4.47 Å². The third-order valence-electron chi connectivity index (χ3n) is 2.91. The summed E-state index contributed by atoms with van der Waals surface area (Å²) in [5.41, 5.74) is 1.31. The summed E-state index contributed by atoms with van der Waals surface area (Å²) in [6.45, 7) is 1.91. The molecule has 2 rings (SSSR count). The molecule has 2 nitrogen and oxygen atoms in total. The number of rotatable bonds is 3. The van der Waals surface area contributed by atoms with Gasteiger partial charge in [0.2, 0.25) is 0 Å². The van der Waals surface area contributed by atoms with Crippen molar-refractivity contribution in [2.24, 2.45) is 0 Å². The summed E-state index contributed by atoms with van der Waals surface area (Å²) in [7, 11) is 0. The Morgan fingerprint density at radius 3 is 2.20 bits per heavy atom. The molecule has 5 heteroatoms. The summed E-state index contributed by atoms with van der Waals surface area (Å²) in [5.74, 6) is -0.281. The maximum atomic E-state index is 12.2. The highest BCUT2D eigenvalue weighted by atomic mass is 79.9.